The molecule has 0 aromatic heterocycles. The van der Waals surface area contributed by atoms with Gasteiger partial charge in [0.05, 0.1) is 18.1 Å². The number of ether oxygens (including phenoxy) is 1. The fraction of sp³-hybridized carbons (Fsp3) is 0.368. The summed E-state index contributed by atoms with van der Waals surface area (Å²) in [5, 5.41) is 0.525. The van der Waals surface area contributed by atoms with Crippen molar-refractivity contribution in [3.05, 3.63) is 64.2 Å². The SMILES string of the molecule is Cc1cc(Cl)ccc1S(=O)(=O)NCc1ccccc1CN1CCOCC1. The molecule has 1 heterocycles. The fourth-order valence-corrected chi connectivity index (χ4v) is 4.51. The van der Waals surface area contributed by atoms with Gasteiger partial charge in [-0.05, 0) is 41.8 Å². The zero-order valence-corrected chi connectivity index (χ0v) is 16.3. The molecule has 0 unspecified atom stereocenters. The molecule has 1 aliphatic rings. The van der Waals surface area contributed by atoms with Gasteiger partial charge in [-0.25, -0.2) is 13.1 Å². The van der Waals surface area contributed by atoms with E-state index in [0.29, 0.717) is 10.6 Å². The van der Waals surface area contributed by atoms with E-state index >= 15 is 0 Å². The largest absolute Gasteiger partial charge is 0.379 e. The Bertz CT molecular complexity index is 865. The van der Waals surface area contributed by atoms with Crippen molar-refractivity contribution in [1.82, 2.24) is 9.62 Å². The number of morpholine rings is 1. The lowest BCUT2D eigenvalue weighted by Gasteiger charge is -2.27. The third-order valence-corrected chi connectivity index (χ3v) is 6.29. The molecule has 5 nitrogen and oxygen atoms in total. The summed E-state index contributed by atoms with van der Waals surface area (Å²) in [4.78, 5) is 2.58. The average Bonchev–Trinajstić information content (AvgIpc) is 2.61. The van der Waals surface area contributed by atoms with Crippen molar-refractivity contribution in [1.29, 1.82) is 0 Å². The lowest BCUT2D eigenvalue weighted by atomic mass is 10.1. The summed E-state index contributed by atoms with van der Waals surface area (Å²) in [6.45, 7) is 6.06. The van der Waals surface area contributed by atoms with Crippen LogP contribution in [0.25, 0.3) is 0 Å². The van der Waals surface area contributed by atoms with Gasteiger partial charge in [0.15, 0.2) is 0 Å². The van der Waals surface area contributed by atoms with Crippen LogP contribution in [0.2, 0.25) is 5.02 Å². The number of halogens is 1. The van der Waals surface area contributed by atoms with Gasteiger partial charge in [0.1, 0.15) is 0 Å². The maximum Gasteiger partial charge on any atom is 0.241 e. The normalized spacial score (nSPS) is 15.9. The van der Waals surface area contributed by atoms with Crippen LogP contribution in [0.15, 0.2) is 47.4 Å². The maximum absolute atomic E-state index is 12.7. The number of nitrogens with one attached hydrogen (secondary N) is 1. The van der Waals surface area contributed by atoms with E-state index in [1.165, 1.54) is 0 Å². The second-order valence-corrected chi connectivity index (χ2v) is 8.56. The molecule has 0 amide bonds. The molecular weight excluding hydrogens is 372 g/mol. The van der Waals surface area contributed by atoms with E-state index in [2.05, 4.69) is 9.62 Å². The minimum atomic E-state index is -3.60. The third kappa shape index (κ3) is 4.84. The molecule has 0 radical (unpaired) electrons. The Morgan fingerprint density at radius 3 is 2.50 bits per heavy atom. The van der Waals surface area contributed by atoms with Crippen LogP contribution in [-0.2, 0) is 27.8 Å². The van der Waals surface area contributed by atoms with Crippen LogP contribution in [0.3, 0.4) is 0 Å². The maximum atomic E-state index is 12.7. The topological polar surface area (TPSA) is 58.6 Å². The molecule has 1 saturated heterocycles. The second kappa shape index (κ2) is 8.50. The van der Waals surface area contributed by atoms with Crippen molar-refractivity contribution in [2.24, 2.45) is 0 Å². The molecule has 26 heavy (non-hydrogen) atoms. The standard InChI is InChI=1S/C19H23ClN2O3S/c1-15-12-18(20)6-7-19(15)26(23,24)21-13-16-4-2-3-5-17(16)14-22-8-10-25-11-9-22/h2-7,12,21H,8-11,13-14H2,1H3. The van der Waals surface area contributed by atoms with Crippen LogP contribution in [0.5, 0.6) is 0 Å². The molecule has 0 aliphatic carbocycles. The van der Waals surface area contributed by atoms with E-state index in [0.717, 1.165) is 44.0 Å². The first-order chi connectivity index (χ1) is 12.5. The van der Waals surface area contributed by atoms with E-state index < -0.39 is 10.0 Å². The number of rotatable bonds is 6. The number of hydrogen-bond acceptors (Lipinski definition) is 4. The Kier molecular flexibility index (Phi) is 6.32. The van der Waals surface area contributed by atoms with Gasteiger partial charge in [0.25, 0.3) is 0 Å². The Labute approximate surface area is 160 Å². The van der Waals surface area contributed by atoms with Crippen LogP contribution < -0.4 is 4.72 Å². The number of benzene rings is 2. The Morgan fingerprint density at radius 1 is 1.12 bits per heavy atom. The van der Waals surface area contributed by atoms with Gasteiger partial charge in [-0.3, -0.25) is 4.90 Å². The summed E-state index contributed by atoms with van der Waals surface area (Å²) in [5.74, 6) is 0. The highest BCUT2D eigenvalue weighted by atomic mass is 35.5. The quantitative estimate of drug-likeness (QED) is 0.818. The smallest absolute Gasteiger partial charge is 0.241 e. The highest BCUT2D eigenvalue weighted by Gasteiger charge is 2.18. The van der Waals surface area contributed by atoms with E-state index in [4.69, 9.17) is 16.3 Å². The molecule has 1 fully saturated rings. The summed E-state index contributed by atoms with van der Waals surface area (Å²) in [6.07, 6.45) is 0. The van der Waals surface area contributed by atoms with Crippen molar-refractivity contribution in [2.75, 3.05) is 26.3 Å². The Hall–Kier alpha value is -1.44. The van der Waals surface area contributed by atoms with Crippen molar-refractivity contribution in [3.8, 4) is 0 Å². The third-order valence-electron chi connectivity index (χ3n) is 4.50. The minimum Gasteiger partial charge on any atom is -0.379 e. The van der Waals surface area contributed by atoms with Gasteiger partial charge >= 0.3 is 0 Å². The molecule has 0 atom stereocenters. The van der Waals surface area contributed by atoms with E-state index in [1.54, 1.807) is 25.1 Å². The summed E-state index contributed by atoms with van der Waals surface area (Å²) in [6, 6.07) is 12.7. The highest BCUT2D eigenvalue weighted by Crippen LogP contribution is 2.20. The molecular formula is C19H23ClN2O3S. The van der Waals surface area contributed by atoms with Gasteiger partial charge in [-0.2, -0.15) is 0 Å². The first-order valence-electron chi connectivity index (χ1n) is 8.58. The first kappa shape index (κ1) is 19.3. The predicted molar refractivity (Wildman–Crippen MR) is 103 cm³/mol. The number of nitrogens with zero attached hydrogens (tertiary/aromatic N) is 1. The lowest BCUT2D eigenvalue weighted by molar-refractivity contribution is 0.0341. The molecule has 0 saturated carbocycles. The van der Waals surface area contributed by atoms with Gasteiger partial charge in [-0.1, -0.05) is 35.9 Å². The molecule has 0 bridgehead atoms. The van der Waals surface area contributed by atoms with Crippen LogP contribution >= 0.6 is 11.6 Å². The van der Waals surface area contributed by atoms with Crippen molar-refractivity contribution >= 4 is 21.6 Å². The number of aryl methyl sites for hydroxylation is 1. The van der Waals surface area contributed by atoms with Crippen molar-refractivity contribution < 1.29 is 13.2 Å². The average molecular weight is 395 g/mol. The second-order valence-electron chi connectivity index (χ2n) is 6.39. The number of sulfonamides is 1. The van der Waals surface area contributed by atoms with E-state index in [-0.39, 0.29) is 11.4 Å². The molecule has 2 aromatic rings. The Balaban J connectivity index is 1.72. The van der Waals surface area contributed by atoms with E-state index in [9.17, 15) is 8.42 Å². The molecule has 1 N–H and O–H groups in total. The summed E-state index contributed by atoms with van der Waals surface area (Å²) in [5.41, 5.74) is 2.74. The Morgan fingerprint density at radius 2 is 1.81 bits per heavy atom. The van der Waals surface area contributed by atoms with Gasteiger partial charge in [0, 0.05) is 31.2 Å². The molecule has 140 valence electrons. The first-order valence-corrected chi connectivity index (χ1v) is 10.4. The van der Waals surface area contributed by atoms with Crippen LogP contribution in [0, 0.1) is 6.92 Å². The van der Waals surface area contributed by atoms with Crippen LogP contribution in [0.4, 0.5) is 0 Å². The fourth-order valence-electron chi connectivity index (χ4n) is 3.05. The lowest BCUT2D eigenvalue weighted by Crippen LogP contribution is -2.36. The zero-order valence-electron chi connectivity index (χ0n) is 14.7. The molecule has 7 heteroatoms. The van der Waals surface area contributed by atoms with Crippen molar-refractivity contribution in [2.45, 2.75) is 24.9 Å². The zero-order chi connectivity index (χ0) is 18.6. The molecule has 0 spiro atoms. The molecule has 1 aliphatic heterocycles. The van der Waals surface area contributed by atoms with Crippen LogP contribution in [0.1, 0.15) is 16.7 Å². The van der Waals surface area contributed by atoms with E-state index in [1.807, 2.05) is 24.3 Å². The summed E-state index contributed by atoms with van der Waals surface area (Å²) >= 11 is 5.92. The van der Waals surface area contributed by atoms with Crippen LogP contribution in [-0.4, -0.2) is 39.6 Å². The highest BCUT2D eigenvalue weighted by molar-refractivity contribution is 7.89. The molecule has 3 rings (SSSR count). The summed E-state index contributed by atoms with van der Waals surface area (Å²) < 4.78 is 33.4. The minimum absolute atomic E-state index is 0.255. The van der Waals surface area contributed by atoms with Gasteiger partial charge in [0.2, 0.25) is 10.0 Å². The predicted octanol–water partition coefficient (Wildman–Crippen LogP) is 2.96. The van der Waals surface area contributed by atoms with Gasteiger partial charge < -0.3 is 4.74 Å². The monoisotopic (exact) mass is 394 g/mol. The molecule has 2 aromatic carbocycles. The van der Waals surface area contributed by atoms with Crippen molar-refractivity contribution in [3.63, 3.8) is 0 Å². The number of hydrogen-bond donors (Lipinski definition) is 1. The summed E-state index contributed by atoms with van der Waals surface area (Å²) in [7, 11) is -3.60. The van der Waals surface area contributed by atoms with Gasteiger partial charge in [-0.15, -0.1) is 0 Å².